The summed E-state index contributed by atoms with van der Waals surface area (Å²) in [6, 6.07) is 78.7. The largest absolute Gasteiger partial charge is 0.456 e. The molecule has 0 unspecified atom stereocenters. The zero-order valence-electron chi connectivity index (χ0n) is 90.8. The molecule has 8 aromatic heterocycles. The first-order chi connectivity index (χ1) is 72.7. The van der Waals surface area contributed by atoms with Crippen LogP contribution in [-0.2, 0) is 34.6 Å². The van der Waals surface area contributed by atoms with E-state index in [1.807, 2.05) is 100 Å². The average molecular weight is 1970 g/mol. The van der Waals surface area contributed by atoms with E-state index in [1.54, 1.807) is 0 Å². The van der Waals surface area contributed by atoms with Crippen LogP contribution in [0.4, 0.5) is 22.7 Å². The van der Waals surface area contributed by atoms with Gasteiger partial charge in [-0.2, -0.15) is 18.3 Å². The first kappa shape index (κ1) is 100. The molecule has 4 aliphatic carbocycles. The van der Waals surface area contributed by atoms with Crippen LogP contribution in [0, 0.1) is 136 Å². The molecule has 4 aliphatic rings. The fourth-order valence-electron chi connectivity index (χ4n) is 26.2. The van der Waals surface area contributed by atoms with Crippen molar-refractivity contribution < 1.29 is 35.9 Å². The van der Waals surface area contributed by atoms with Crippen molar-refractivity contribution in [3.05, 3.63) is 376 Å². The molecule has 0 bridgehead atoms. The summed E-state index contributed by atoms with van der Waals surface area (Å²) in [5, 5.41) is 8.69. The highest BCUT2D eigenvalue weighted by molar-refractivity contribution is 6.20. The topological polar surface area (TPSA) is 85.5 Å². The number of aromatic nitrogens is 4. The summed E-state index contributed by atoms with van der Waals surface area (Å²) in [7, 11) is 8.74. The summed E-state index contributed by atoms with van der Waals surface area (Å²) in [5.41, 5.74) is 50.6. The van der Waals surface area contributed by atoms with E-state index in [2.05, 4.69) is 294 Å². The minimum Gasteiger partial charge on any atom is -0.456 e. The molecule has 4 fully saturated rings. The van der Waals surface area contributed by atoms with Gasteiger partial charge in [0.15, 0.2) is 22.8 Å². The Morgan fingerprint density at radius 3 is 0.820 bits per heavy atom. The van der Waals surface area contributed by atoms with Crippen LogP contribution in [-0.4, -0.2) is 0 Å². The Morgan fingerprint density at radius 2 is 0.507 bits per heavy atom. The van der Waals surface area contributed by atoms with E-state index in [-0.39, 0.29) is 0 Å². The van der Waals surface area contributed by atoms with Crippen molar-refractivity contribution in [3.63, 3.8) is 0 Å². The summed E-state index contributed by atoms with van der Waals surface area (Å²) in [5.74, 6) is 2.76. The van der Waals surface area contributed by atoms with E-state index >= 15 is 0 Å². The van der Waals surface area contributed by atoms with Gasteiger partial charge in [0.2, 0.25) is 45.5 Å². The van der Waals surface area contributed by atoms with E-state index < -0.39 is 0 Å². The monoisotopic (exact) mass is 1970 g/mol. The molecule has 748 valence electrons. The van der Waals surface area contributed by atoms with Crippen LogP contribution in [0.5, 0.6) is 0 Å². The van der Waals surface area contributed by atoms with Crippen molar-refractivity contribution in [2.24, 2.45) is 34.1 Å². The Morgan fingerprint density at radius 1 is 0.240 bits per heavy atom. The lowest BCUT2D eigenvalue weighted by atomic mass is 9.81. The third-order valence-electron chi connectivity index (χ3n) is 34.8. The fourth-order valence-corrected chi connectivity index (χ4v) is 26.2. The fraction of sp³-hybridized carbons (Fsp3) is 0.304. The first-order valence-corrected chi connectivity index (χ1v) is 54.4. The third kappa shape index (κ3) is 17.7. The number of hydrogen-bond donors (Lipinski definition) is 0. The number of hydrogen-bond acceptors (Lipinski definition) is 4. The van der Waals surface area contributed by atoms with Crippen LogP contribution in [0.25, 0.3) is 197 Å². The highest BCUT2D eigenvalue weighted by atomic mass is 16.3. The Labute approximate surface area is 884 Å². The Kier molecular flexibility index (Phi) is 27.8. The Hall–Kier alpha value is -15.6. The molecule has 12 nitrogen and oxygen atoms in total. The molecule has 4 saturated carbocycles. The van der Waals surface area contributed by atoms with Crippen LogP contribution < -0.4 is 18.3 Å². The highest BCUT2D eigenvalue weighted by Gasteiger charge is 2.37. The molecule has 0 aliphatic heterocycles. The molecule has 20 aromatic rings. The molecule has 12 aromatic carbocycles. The van der Waals surface area contributed by atoms with Gasteiger partial charge < -0.3 is 17.7 Å². The molecule has 24 rings (SSSR count). The van der Waals surface area contributed by atoms with Gasteiger partial charge in [-0.05, 0) is 234 Å². The molecular weight excluding hydrogens is 1830 g/mol. The van der Waals surface area contributed by atoms with Gasteiger partial charge in [-0.15, -0.1) is 0 Å². The second-order valence-corrected chi connectivity index (χ2v) is 43.7. The summed E-state index contributed by atoms with van der Waals surface area (Å²) in [6.07, 6.45) is 25.1. The number of pyridine rings is 4. The number of rotatable bonds is 13. The molecule has 0 atom stereocenters. The van der Waals surface area contributed by atoms with E-state index in [9.17, 15) is 0 Å². The molecule has 12 heteroatoms. The van der Waals surface area contributed by atoms with Gasteiger partial charge in [0, 0.05) is 140 Å². The number of aryl methyl sites for hydroxylation is 9. The van der Waals surface area contributed by atoms with Gasteiger partial charge in [-0.1, -0.05) is 271 Å². The number of fused-ring (bicyclic) bond motifs is 12. The van der Waals surface area contributed by atoms with E-state index in [4.69, 9.17) is 44.0 Å². The SMILES string of the molecule is [C-]#[N+]c1c(C)cc2c(oc3c(-c4cc(C)c(C5CCCC5)c(C)[n+]4C)c(C)ccc32)c1-c1ccccc1.[C-]#[N+]c1c(C)cc2c(oc3c(-c4cc(C5CCCC5)c(C)c(C)[n+]4C)c(C)ccc32)c1-c1ccccc1.[C-]#[N+]c1c(C)cc2c(oc3c(-c4cc(C5CCCCC5)c(C)c(C)[n+]4C)c(C)ccc32)c1-c1ccccc1.[C-]#[N+]c1c(C)cc2c(oc3c(-c4ccc(CC5CCCCC5)c(C)[n+]4C)c(C)ccc32)c1-c1ccccc1. The second-order valence-electron chi connectivity index (χ2n) is 43.7. The summed E-state index contributed by atoms with van der Waals surface area (Å²) < 4.78 is 36.7. The maximum Gasteiger partial charge on any atom is 0.216 e. The van der Waals surface area contributed by atoms with Gasteiger partial charge in [0.1, 0.15) is 72.9 Å². The highest BCUT2D eigenvalue weighted by Crippen LogP contribution is 2.54. The molecular formula is C138H136N8O4+4. The quantitative estimate of drug-likeness (QED) is 0.0850. The van der Waals surface area contributed by atoms with E-state index in [1.165, 1.54) is 229 Å². The molecule has 0 amide bonds. The predicted octanol–water partition coefficient (Wildman–Crippen LogP) is 37.3. The standard InChI is InChI=1S/2C35H35N2O.2C34H33N2O/c1-21-17-18-27-29-19-22(2)33(36-5)32(26-15-11-8-12-16-26)35(29)38-34(27)31(21)30-20-28(23(3)24(4)37(30)6)25-13-9-7-10-14-25;1-22-16-18-28-29-20-23(2)33(36-4)32(26-14-10-7-11-15-26)35(29)38-34(28)31(22)30-19-17-27(24(3)37(30)5)21-25-12-8-6-9-13-25;1-20-16-17-26-28-18-21(2)32(35-5)31(25-14-8-7-9-15-25)34(28)37-33(26)30(20)29-19-27(24-12-10-11-13-24)22(3)23(4)36(29)6;1-20-16-17-26-27-18-22(3)32(35-5)31(25-12-8-7-9-13-25)34(27)37-33(26)30(20)28-19-21(2)29(23(4)36(28)6)24-14-10-11-15-24/h8,11-12,15-20,25H,7,9-10,13-14H2,1-4,6H3;7,10-11,14-20,25H,6,8-9,12-13,21H2,1-3,5H3;7-9,14-19,24H,10-13H2,1-4,6H3;7-9,12-13,16-19,24H,10-11,14-15H2,1-4,6H3/q4*+1. The zero-order chi connectivity index (χ0) is 105. The second kappa shape index (κ2) is 41.5. The van der Waals surface area contributed by atoms with Crippen molar-refractivity contribution in [1.82, 2.24) is 0 Å². The van der Waals surface area contributed by atoms with Crippen LogP contribution >= 0.6 is 0 Å². The van der Waals surface area contributed by atoms with E-state index in [0.717, 1.165) is 183 Å². The lowest BCUT2D eigenvalue weighted by Gasteiger charge is -2.24. The maximum absolute atomic E-state index is 7.97. The molecule has 0 radical (unpaired) electrons. The molecule has 0 saturated heterocycles. The average Bonchev–Trinajstić information content (AvgIpc) is 1.59. The predicted molar refractivity (Wildman–Crippen MR) is 618 cm³/mol. The molecule has 0 N–H and O–H groups in total. The van der Waals surface area contributed by atoms with Gasteiger partial charge >= 0.3 is 0 Å². The first-order valence-electron chi connectivity index (χ1n) is 54.4. The molecule has 8 heterocycles. The summed E-state index contributed by atoms with van der Waals surface area (Å²) in [6.45, 7) is 64.5. The summed E-state index contributed by atoms with van der Waals surface area (Å²) >= 11 is 0. The number of nitrogens with zero attached hydrogens (tertiary/aromatic N) is 8. The molecule has 0 spiro atoms. The van der Waals surface area contributed by atoms with Crippen LogP contribution in [0.15, 0.2) is 242 Å². The van der Waals surface area contributed by atoms with Gasteiger partial charge in [0.05, 0.1) is 48.5 Å². The third-order valence-corrected chi connectivity index (χ3v) is 34.8. The molecule has 150 heavy (non-hydrogen) atoms. The maximum atomic E-state index is 7.97. The number of benzene rings is 12. The Balaban J connectivity index is 0.000000117. The summed E-state index contributed by atoms with van der Waals surface area (Å²) in [4.78, 5) is 15.8. The van der Waals surface area contributed by atoms with Crippen LogP contribution in [0.3, 0.4) is 0 Å². The smallest absolute Gasteiger partial charge is 0.216 e. The van der Waals surface area contributed by atoms with Gasteiger partial charge in [-0.3, -0.25) is 0 Å². The van der Waals surface area contributed by atoms with Crippen molar-refractivity contribution in [1.29, 1.82) is 0 Å². The van der Waals surface area contributed by atoms with Crippen molar-refractivity contribution in [2.45, 2.75) is 244 Å². The van der Waals surface area contributed by atoms with Crippen molar-refractivity contribution in [2.75, 3.05) is 0 Å². The normalized spacial score (nSPS) is 14.2. The van der Waals surface area contributed by atoms with Crippen LogP contribution in [0.1, 0.15) is 240 Å². The van der Waals surface area contributed by atoms with Gasteiger partial charge in [-0.25, -0.2) is 19.4 Å². The van der Waals surface area contributed by atoms with Crippen molar-refractivity contribution >= 4 is 111 Å². The lowest BCUT2D eigenvalue weighted by Crippen LogP contribution is -2.37. The minimum atomic E-state index is 0.631. The Bertz CT molecular complexity index is 9000. The van der Waals surface area contributed by atoms with Gasteiger partial charge in [0.25, 0.3) is 0 Å². The van der Waals surface area contributed by atoms with Crippen molar-refractivity contribution in [3.8, 4) is 89.5 Å². The zero-order valence-corrected chi connectivity index (χ0v) is 90.8. The van der Waals surface area contributed by atoms with E-state index in [0.29, 0.717) is 40.5 Å². The van der Waals surface area contributed by atoms with Crippen LogP contribution in [0.2, 0.25) is 0 Å². The number of furan rings is 4. The minimum absolute atomic E-state index is 0.631. The lowest BCUT2D eigenvalue weighted by molar-refractivity contribution is -0.667.